The van der Waals surface area contributed by atoms with Gasteiger partial charge in [0.2, 0.25) is 5.91 Å². The van der Waals surface area contributed by atoms with Crippen molar-refractivity contribution in [1.82, 2.24) is 19.7 Å². The van der Waals surface area contributed by atoms with Crippen molar-refractivity contribution in [1.29, 1.82) is 0 Å². The van der Waals surface area contributed by atoms with Gasteiger partial charge in [0.15, 0.2) is 5.82 Å². The van der Waals surface area contributed by atoms with Crippen LogP contribution in [0.25, 0.3) is 22.4 Å². The van der Waals surface area contributed by atoms with Crippen LogP contribution in [-0.4, -0.2) is 32.3 Å². The van der Waals surface area contributed by atoms with Gasteiger partial charge in [-0.15, -0.1) is 0 Å². The number of carbonyl (C=O) groups is 1. The maximum absolute atomic E-state index is 13.0. The highest BCUT2D eigenvalue weighted by molar-refractivity contribution is 6.09. The largest absolute Gasteiger partial charge is 0.383 e. The molecule has 2 aromatic heterocycles. The van der Waals surface area contributed by atoms with E-state index in [1.807, 2.05) is 68.4 Å². The number of nitrogen functional groups attached to an aromatic ring is 1. The lowest BCUT2D eigenvalue weighted by Gasteiger charge is -2.23. The Morgan fingerprint density at radius 2 is 1.84 bits per heavy atom. The van der Waals surface area contributed by atoms with Crippen molar-refractivity contribution < 1.29 is 9.53 Å². The Morgan fingerprint density at radius 3 is 2.61 bits per heavy atom. The molecule has 156 valence electrons. The van der Waals surface area contributed by atoms with Crippen LogP contribution < -0.4 is 11.1 Å². The predicted molar refractivity (Wildman–Crippen MR) is 118 cm³/mol. The minimum absolute atomic E-state index is 0.182. The van der Waals surface area contributed by atoms with Crippen LogP contribution in [0.3, 0.4) is 0 Å². The Hall–Kier alpha value is -3.78. The molecule has 31 heavy (non-hydrogen) atoms. The first kappa shape index (κ1) is 19.2. The molecule has 0 radical (unpaired) electrons. The Kier molecular flexibility index (Phi) is 4.44. The normalized spacial score (nSPS) is 17.7. The van der Waals surface area contributed by atoms with Crippen LogP contribution in [0.4, 0.5) is 11.6 Å². The number of ether oxygens (including phenoxy) is 1. The fourth-order valence-electron chi connectivity index (χ4n) is 4.13. The molecule has 0 aliphatic carbocycles. The van der Waals surface area contributed by atoms with E-state index in [0.717, 1.165) is 16.5 Å². The Balaban J connectivity index is 1.67. The number of hydrogen-bond donors (Lipinski definition) is 2. The third-order valence-electron chi connectivity index (χ3n) is 5.76. The predicted octanol–water partition coefficient (Wildman–Crippen LogP) is 3.33. The molecule has 1 aliphatic rings. The van der Waals surface area contributed by atoms with Gasteiger partial charge in [-0.05, 0) is 25.5 Å². The molecule has 2 aromatic carbocycles. The first-order valence-corrected chi connectivity index (χ1v) is 10.1. The molecule has 5 rings (SSSR count). The number of fused-ring (bicyclic) bond motifs is 2. The molecule has 1 aliphatic heterocycles. The monoisotopic (exact) mass is 414 g/mol. The van der Waals surface area contributed by atoms with Crippen LogP contribution in [0.2, 0.25) is 0 Å². The van der Waals surface area contributed by atoms with Crippen molar-refractivity contribution in [3.63, 3.8) is 0 Å². The average molecular weight is 414 g/mol. The quantitative estimate of drug-likeness (QED) is 0.519. The van der Waals surface area contributed by atoms with Crippen LogP contribution in [0.5, 0.6) is 0 Å². The zero-order valence-corrected chi connectivity index (χ0v) is 17.3. The molecule has 8 heteroatoms. The van der Waals surface area contributed by atoms with Gasteiger partial charge in [0.1, 0.15) is 29.5 Å². The second-order valence-electron chi connectivity index (χ2n) is 7.59. The molecule has 1 unspecified atom stereocenters. The van der Waals surface area contributed by atoms with E-state index in [9.17, 15) is 4.79 Å². The lowest BCUT2D eigenvalue weighted by molar-refractivity contribution is -0.119. The summed E-state index contributed by atoms with van der Waals surface area (Å²) in [6.45, 7) is 4.68. The van der Waals surface area contributed by atoms with Gasteiger partial charge in [0, 0.05) is 12.0 Å². The summed E-state index contributed by atoms with van der Waals surface area (Å²) in [5.74, 6) is 0.856. The highest BCUT2D eigenvalue weighted by Crippen LogP contribution is 2.45. The zero-order valence-electron chi connectivity index (χ0n) is 17.3. The van der Waals surface area contributed by atoms with Gasteiger partial charge in [0.25, 0.3) is 0 Å². The molecular formula is C23H22N6O2. The highest BCUT2D eigenvalue weighted by Gasteiger charge is 2.47. The minimum atomic E-state index is -0.963. The van der Waals surface area contributed by atoms with E-state index in [1.54, 1.807) is 4.68 Å². The lowest BCUT2D eigenvalue weighted by Crippen LogP contribution is -2.32. The lowest BCUT2D eigenvalue weighted by atomic mass is 9.78. The van der Waals surface area contributed by atoms with E-state index in [4.69, 9.17) is 10.5 Å². The first-order valence-electron chi connectivity index (χ1n) is 10.1. The topological polar surface area (TPSA) is 108 Å². The molecule has 0 spiro atoms. The maximum atomic E-state index is 13.0. The van der Waals surface area contributed by atoms with Crippen molar-refractivity contribution in [2.75, 3.05) is 17.7 Å². The number of benzene rings is 2. The van der Waals surface area contributed by atoms with Crippen molar-refractivity contribution >= 4 is 28.4 Å². The number of nitrogens with two attached hydrogens (primary N) is 1. The molecular weight excluding hydrogens is 392 g/mol. The summed E-state index contributed by atoms with van der Waals surface area (Å²) in [6, 6.07) is 17.3. The number of hydrogen-bond acceptors (Lipinski definition) is 6. The van der Waals surface area contributed by atoms with Crippen LogP contribution in [0.15, 0.2) is 54.6 Å². The number of nitrogens with zero attached hydrogens (tertiary/aromatic N) is 4. The Labute approximate surface area is 179 Å². The van der Waals surface area contributed by atoms with E-state index in [2.05, 4.69) is 20.4 Å². The molecule has 8 nitrogen and oxygen atoms in total. The minimum Gasteiger partial charge on any atom is -0.383 e. The number of carbonyl (C=O) groups excluding carboxylic acids is 1. The summed E-state index contributed by atoms with van der Waals surface area (Å²) in [4.78, 5) is 22.2. The number of rotatable bonds is 5. The number of aromatic nitrogens is 4. The molecule has 3 heterocycles. The number of nitrogens with one attached hydrogen (secondary N) is 1. The van der Waals surface area contributed by atoms with Crippen LogP contribution in [0.1, 0.15) is 25.0 Å². The summed E-state index contributed by atoms with van der Waals surface area (Å²) in [6.07, 6.45) is 0. The molecule has 4 aromatic rings. The second kappa shape index (κ2) is 7.17. The third-order valence-corrected chi connectivity index (χ3v) is 5.76. The van der Waals surface area contributed by atoms with E-state index >= 15 is 0 Å². The van der Waals surface area contributed by atoms with Gasteiger partial charge >= 0.3 is 0 Å². The van der Waals surface area contributed by atoms with Gasteiger partial charge in [-0.3, -0.25) is 4.79 Å². The van der Waals surface area contributed by atoms with Gasteiger partial charge < -0.3 is 15.8 Å². The van der Waals surface area contributed by atoms with E-state index in [0.29, 0.717) is 36.2 Å². The van der Waals surface area contributed by atoms with E-state index in [1.165, 1.54) is 0 Å². The summed E-state index contributed by atoms with van der Waals surface area (Å²) in [5.41, 5.74) is 8.37. The molecule has 0 saturated carbocycles. The van der Waals surface area contributed by atoms with Crippen molar-refractivity contribution in [3.05, 3.63) is 65.7 Å². The van der Waals surface area contributed by atoms with Crippen molar-refractivity contribution in [2.45, 2.75) is 26.0 Å². The number of para-hydroxylation sites is 1. The van der Waals surface area contributed by atoms with E-state index in [-0.39, 0.29) is 11.7 Å². The van der Waals surface area contributed by atoms with Crippen molar-refractivity contribution in [2.24, 2.45) is 0 Å². The average Bonchev–Trinajstić information content (AvgIpc) is 3.28. The standard InChI is InChI=1S/C23H22N6O2/c1-3-31-13-29-16-12-8-7-11-15(16)18(28-29)21-25-19(24)17-20(26-21)27-22(30)23(17,2)14-9-5-4-6-10-14/h4-12H,3,13H2,1-2H3,(H3,24,25,26,27,30). The van der Waals surface area contributed by atoms with Gasteiger partial charge in [-0.1, -0.05) is 48.5 Å². The zero-order chi connectivity index (χ0) is 21.6. The second-order valence-corrected chi connectivity index (χ2v) is 7.59. The molecule has 3 N–H and O–H groups in total. The first-order chi connectivity index (χ1) is 15.0. The fourth-order valence-corrected chi connectivity index (χ4v) is 4.13. The van der Waals surface area contributed by atoms with Gasteiger partial charge in [0.05, 0.1) is 11.1 Å². The number of anilines is 2. The molecule has 0 bridgehead atoms. The Morgan fingerprint density at radius 1 is 1.10 bits per heavy atom. The van der Waals surface area contributed by atoms with Crippen LogP contribution in [0, 0.1) is 0 Å². The summed E-state index contributed by atoms with van der Waals surface area (Å²) in [7, 11) is 0. The molecule has 1 amide bonds. The summed E-state index contributed by atoms with van der Waals surface area (Å²) < 4.78 is 7.31. The van der Waals surface area contributed by atoms with Gasteiger partial charge in [-0.2, -0.15) is 5.10 Å². The van der Waals surface area contributed by atoms with Crippen LogP contribution in [-0.2, 0) is 21.7 Å². The third kappa shape index (κ3) is 2.87. The highest BCUT2D eigenvalue weighted by atomic mass is 16.5. The summed E-state index contributed by atoms with van der Waals surface area (Å²) >= 11 is 0. The smallest absolute Gasteiger partial charge is 0.240 e. The molecule has 0 saturated heterocycles. The van der Waals surface area contributed by atoms with E-state index < -0.39 is 5.41 Å². The van der Waals surface area contributed by atoms with Crippen LogP contribution >= 0.6 is 0 Å². The Bertz CT molecular complexity index is 1300. The fraction of sp³-hybridized carbons (Fsp3) is 0.217. The SMILES string of the molecule is CCOCn1nc(-c2nc(N)c3c(n2)NC(=O)C3(C)c2ccccc2)c2ccccc21. The van der Waals surface area contributed by atoms with Gasteiger partial charge in [-0.25, -0.2) is 14.6 Å². The van der Waals surface area contributed by atoms with Crippen molar-refractivity contribution in [3.8, 4) is 11.5 Å². The maximum Gasteiger partial charge on any atom is 0.240 e. The summed E-state index contributed by atoms with van der Waals surface area (Å²) in [5, 5.41) is 8.46. The molecule has 0 fully saturated rings. The molecule has 1 atom stereocenters. The number of amides is 1.